The third kappa shape index (κ3) is 2.02. The van der Waals surface area contributed by atoms with Crippen LogP contribution in [-0.4, -0.2) is 22.3 Å². The summed E-state index contributed by atoms with van der Waals surface area (Å²) in [4.78, 5) is 10.9. The molecule has 76 valence electrons. The Hall–Kier alpha value is -0.570. The van der Waals surface area contributed by atoms with Crippen molar-refractivity contribution in [3.8, 4) is 0 Å². The average molecular weight is 186 g/mol. The zero-order valence-electron chi connectivity index (χ0n) is 8.45. The maximum Gasteiger partial charge on any atom is 0.309 e. The number of carboxylic acids is 1. The largest absolute Gasteiger partial charge is 0.481 e. The third-order valence-electron chi connectivity index (χ3n) is 3.02. The summed E-state index contributed by atoms with van der Waals surface area (Å²) in [5.41, 5.74) is -0.0272. The van der Waals surface area contributed by atoms with Crippen LogP contribution in [0.2, 0.25) is 0 Å². The molecule has 1 aliphatic carbocycles. The van der Waals surface area contributed by atoms with Gasteiger partial charge in [0.05, 0.1) is 12.0 Å². The number of carboxylic acid groups (broad SMARTS) is 1. The fraction of sp³-hybridized carbons (Fsp3) is 0.900. The van der Waals surface area contributed by atoms with Gasteiger partial charge in [0, 0.05) is 0 Å². The second kappa shape index (κ2) is 3.29. The number of aliphatic carboxylic acids is 1. The van der Waals surface area contributed by atoms with E-state index in [2.05, 4.69) is 0 Å². The van der Waals surface area contributed by atoms with E-state index < -0.39 is 18.0 Å². The monoisotopic (exact) mass is 186 g/mol. The summed E-state index contributed by atoms with van der Waals surface area (Å²) in [6.45, 7) is 6.10. The maximum absolute atomic E-state index is 10.9. The minimum atomic E-state index is -0.857. The van der Waals surface area contributed by atoms with Crippen molar-refractivity contribution < 1.29 is 15.0 Å². The Morgan fingerprint density at radius 3 is 2.15 bits per heavy atom. The highest BCUT2D eigenvalue weighted by molar-refractivity contribution is 5.71. The van der Waals surface area contributed by atoms with Gasteiger partial charge in [0.1, 0.15) is 0 Å². The van der Waals surface area contributed by atoms with Crippen LogP contribution in [0.1, 0.15) is 33.6 Å². The summed E-state index contributed by atoms with van der Waals surface area (Å²) in [7, 11) is 0. The highest BCUT2D eigenvalue weighted by Gasteiger charge is 2.45. The van der Waals surface area contributed by atoms with Crippen molar-refractivity contribution in [3.05, 3.63) is 0 Å². The molecule has 0 bridgehead atoms. The lowest BCUT2D eigenvalue weighted by Crippen LogP contribution is -2.34. The van der Waals surface area contributed by atoms with E-state index in [1.165, 1.54) is 0 Å². The molecule has 2 N–H and O–H groups in total. The lowest BCUT2D eigenvalue weighted by atomic mass is 9.74. The van der Waals surface area contributed by atoms with E-state index in [-0.39, 0.29) is 11.3 Å². The number of carbonyl (C=O) groups is 1. The topological polar surface area (TPSA) is 57.5 Å². The van der Waals surface area contributed by atoms with Gasteiger partial charge in [-0.05, 0) is 24.2 Å². The number of aliphatic hydroxyl groups excluding tert-OH is 1. The van der Waals surface area contributed by atoms with E-state index in [1.807, 2.05) is 20.8 Å². The van der Waals surface area contributed by atoms with Gasteiger partial charge in [-0.1, -0.05) is 20.8 Å². The molecule has 3 nitrogen and oxygen atoms in total. The molecular weight excluding hydrogens is 168 g/mol. The van der Waals surface area contributed by atoms with Crippen LogP contribution in [0.25, 0.3) is 0 Å². The fourth-order valence-corrected chi connectivity index (χ4v) is 2.29. The first-order valence-electron chi connectivity index (χ1n) is 4.75. The van der Waals surface area contributed by atoms with Crippen LogP contribution < -0.4 is 0 Å². The van der Waals surface area contributed by atoms with E-state index in [0.29, 0.717) is 6.42 Å². The summed E-state index contributed by atoms with van der Waals surface area (Å²) >= 11 is 0. The Morgan fingerprint density at radius 2 is 1.85 bits per heavy atom. The lowest BCUT2D eigenvalue weighted by molar-refractivity contribution is -0.148. The van der Waals surface area contributed by atoms with Crippen molar-refractivity contribution in [3.63, 3.8) is 0 Å². The average Bonchev–Trinajstić information content (AvgIpc) is 2.28. The molecule has 1 aliphatic rings. The molecule has 1 rings (SSSR count). The number of rotatable bonds is 1. The number of hydrogen-bond acceptors (Lipinski definition) is 2. The predicted octanol–water partition coefficient (Wildman–Crippen LogP) is 1.50. The minimum absolute atomic E-state index is 0.0272. The Balaban J connectivity index is 2.82. The molecule has 0 spiro atoms. The Morgan fingerprint density at radius 1 is 1.31 bits per heavy atom. The van der Waals surface area contributed by atoms with Crippen molar-refractivity contribution in [2.24, 2.45) is 17.3 Å². The van der Waals surface area contributed by atoms with Gasteiger partial charge in [0.2, 0.25) is 0 Å². The van der Waals surface area contributed by atoms with Gasteiger partial charge < -0.3 is 10.2 Å². The molecule has 1 fully saturated rings. The number of hydrogen-bond donors (Lipinski definition) is 2. The molecule has 0 aromatic rings. The third-order valence-corrected chi connectivity index (χ3v) is 3.02. The molecule has 0 radical (unpaired) electrons. The Labute approximate surface area is 78.8 Å². The summed E-state index contributed by atoms with van der Waals surface area (Å²) in [6.07, 6.45) is 0.794. The molecule has 0 aliphatic heterocycles. The van der Waals surface area contributed by atoms with Gasteiger partial charge in [-0.15, -0.1) is 0 Å². The van der Waals surface area contributed by atoms with E-state index >= 15 is 0 Å². The van der Waals surface area contributed by atoms with Gasteiger partial charge in [-0.3, -0.25) is 4.79 Å². The maximum atomic E-state index is 10.9. The smallest absolute Gasteiger partial charge is 0.309 e. The zero-order valence-corrected chi connectivity index (χ0v) is 8.45. The molecule has 0 unspecified atom stereocenters. The molecule has 0 amide bonds. The molecule has 0 aromatic carbocycles. The van der Waals surface area contributed by atoms with Crippen LogP contribution in [-0.2, 0) is 4.79 Å². The van der Waals surface area contributed by atoms with Crippen LogP contribution in [0.5, 0.6) is 0 Å². The second-order valence-electron chi connectivity index (χ2n) is 4.98. The van der Waals surface area contributed by atoms with Crippen LogP contribution in [0.15, 0.2) is 0 Å². The van der Waals surface area contributed by atoms with Crippen LogP contribution >= 0.6 is 0 Å². The van der Waals surface area contributed by atoms with Crippen molar-refractivity contribution in [1.82, 2.24) is 0 Å². The molecular formula is C10H18O3. The summed E-state index contributed by atoms with van der Waals surface area (Å²) in [6, 6.07) is 0. The lowest BCUT2D eigenvalue weighted by Gasteiger charge is -2.30. The first-order valence-corrected chi connectivity index (χ1v) is 4.75. The first kappa shape index (κ1) is 10.5. The normalized spacial score (nSPS) is 34.9. The highest BCUT2D eigenvalue weighted by atomic mass is 16.4. The van der Waals surface area contributed by atoms with Gasteiger partial charge in [-0.2, -0.15) is 0 Å². The molecule has 1 saturated carbocycles. The molecule has 3 heteroatoms. The minimum Gasteiger partial charge on any atom is -0.481 e. The van der Waals surface area contributed by atoms with Gasteiger partial charge in [-0.25, -0.2) is 0 Å². The SMILES string of the molecule is CC(C)(C)[C@@H]1CC[C@H](O)[C@@H]1C(=O)O. The standard InChI is InChI=1S/C10H18O3/c1-10(2,3)6-4-5-7(11)8(6)9(12)13/h6-8,11H,4-5H2,1-3H3,(H,12,13)/t6-,7+,8-/m1/s1. The van der Waals surface area contributed by atoms with Crippen LogP contribution in [0.4, 0.5) is 0 Å². The summed E-state index contributed by atoms with van der Waals surface area (Å²) in [5, 5.41) is 18.5. The van der Waals surface area contributed by atoms with E-state index in [0.717, 1.165) is 6.42 Å². The van der Waals surface area contributed by atoms with Crippen molar-refractivity contribution in [2.75, 3.05) is 0 Å². The predicted molar refractivity (Wildman–Crippen MR) is 49.3 cm³/mol. The Kier molecular flexibility index (Phi) is 2.66. The molecule has 0 saturated heterocycles. The van der Waals surface area contributed by atoms with Gasteiger partial charge in [0.15, 0.2) is 0 Å². The van der Waals surface area contributed by atoms with Crippen LogP contribution in [0.3, 0.4) is 0 Å². The second-order valence-corrected chi connectivity index (χ2v) is 4.98. The molecule has 13 heavy (non-hydrogen) atoms. The Bertz CT molecular complexity index is 205. The summed E-state index contributed by atoms with van der Waals surface area (Å²) < 4.78 is 0. The number of aliphatic hydroxyl groups is 1. The van der Waals surface area contributed by atoms with Crippen molar-refractivity contribution in [1.29, 1.82) is 0 Å². The molecule has 3 atom stereocenters. The van der Waals surface area contributed by atoms with Crippen molar-refractivity contribution >= 4 is 5.97 Å². The van der Waals surface area contributed by atoms with E-state index in [4.69, 9.17) is 5.11 Å². The quantitative estimate of drug-likeness (QED) is 0.652. The zero-order chi connectivity index (χ0) is 10.2. The van der Waals surface area contributed by atoms with E-state index in [9.17, 15) is 9.90 Å². The molecule has 0 aromatic heterocycles. The highest BCUT2D eigenvalue weighted by Crippen LogP contribution is 2.43. The van der Waals surface area contributed by atoms with E-state index in [1.54, 1.807) is 0 Å². The van der Waals surface area contributed by atoms with Crippen LogP contribution in [0, 0.1) is 17.3 Å². The summed E-state index contributed by atoms with van der Waals surface area (Å²) in [5.74, 6) is -1.33. The van der Waals surface area contributed by atoms with Crippen molar-refractivity contribution in [2.45, 2.75) is 39.7 Å². The fourth-order valence-electron chi connectivity index (χ4n) is 2.29. The first-order chi connectivity index (χ1) is 5.84. The molecule has 0 heterocycles. The van der Waals surface area contributed by atoms with Gasteiger partial charge >= 0.3 is 5.97 Å². The van der Waals surface area contributed by atoms with Gasteiger partial charge in [0.25, 0.3) is 0 Å².